The van der Waals surface area contributed by atoms with Crippen LogP contribution < -0.4 is 11.1 Å². The van der Waals surface area contributed by atoms with E-state index in [2.05, 4.69) is 25.5 Å². The summed E-state index contributed by atoms with van der Waals surface area (Å²) in [6, 6.07) is 14.6. The van der Waals surface area contributed by atoms with Crippen molar-refractivity contribution < 1.29 is 4.79 Å². The first-order valence-electron chi connectivity index (χ1n) is 7.62. The molecular weight excluding hydrogens is 316 g/mol. The van der Waals surface area contributed by atoms with Crippen molar-refractivity contribution in [2.45, 2.75) is 0 Å². The molecule has 1 amide bonds. The van der Waals surface area contributed by atoms with Gasteiger partial charge in [0.25, 0.3) is 0 Å². The fourth-order valence-corrected chi connectivity index (χ4v) is 2.55. The number of nitrogens with one attached hydrogen (secondary N) is 2. The first kappa shape index (κ1) is 14.8. The molecule has 4 N–H and O–H groups in total. The molecule has 0 aliphatic carbocycles. The van der Waals surface area contributed by atoms with E-state index in [0.29, 0.717) is 17.2 Å². The third-order valence-corrected chi connectivity index (χ3v) is 3.77. The van der Waals surface area contributed by atoms with Crippen LogP contribution in [0.2, 0.25) is 0 Å². The summed E-state index contributed by atoms with van der Waals surface area (Å²) in [4.78, 5) is 20.1. The highest BCUT2D eigenvalue weighted by Gasteiger charge is 2.07. The molecule has 0 saturated carbocycles. The largest absolute Gasteiger partial charge is 0.366 e. The number of nitrogens with two attached hydrogens (primary N) is 1. The Morgan fingerprint density at radius 2 is 2.04 bits per heavy atom. The van der Waals surface area contributed by atoms with Crippen LogP contribution in [0.25, 0.3) is 22.3 Å². The summed E-state index contributed by atoms with van der Waals surface area (Å²) in [5.74, 6) is 0.680. The van der Waals surface area contributed by atoms with Crippen LogP contribution in [0.5, 0.6) is 0 Å². The molecule has 0 bridgehead atoms. The van der Waals surface area contributed by atoms with Crippen LogP contribution in [0.15, 0.2) is 60.9 Å². The number of hydrogen-bond donors (Lipinski definition) is 3. The zero-order valence-electron chi connectivity index (χ0n) is 13.1. The van der Waals surface area contributed by atoms with Crippen molar-refractivity contribution >= 4 is 28.3 Å². The first-order chi connectivity index (χ1) is 12.2. The fraction of sp³-hybridized carbons (Fsp3) is 0. The summed E-state index contributed by atoms with van der Waals surface area (Å²) in [6.45, 7) is 0. The normalized spacial score (nSPS) is 10.7. The Morgan fingerprint density at radius 1 is 1.12 bits per heavy atom. The quantitative estimate of drug-likeness (QED) is 0.533. The summed E-state index contributed by atoms with van der Waals surface area (Å²) in [7, 11) is 0. The number of carbonyl (C=O) groups is 1. The number of rotatable bonds is 4. The molecule has 2 aromatic carbocycles. The van der Waals surface area contributed by atoms with E-state index in [-0.39, 0.29) is 0 Å². The molecule has 0 atom stereocenters. The van der Waals surface area contributed by atoms with E-state index in [0.717, 1.165) is 22.2 Å². The molecule has 0 unspecified atom stereocenters. The van der Waals surface area contributed by atoms with Crippen molar-refractivity contribution in [3.8, 4) is 11.4 Å². The monoisotopic (exact) mass is 330 g/mol. The van der Waals surface area contributed by atoms with E-state index in [1.165, 1.54) is 0 Å². The lowest BCUT2D eigenvalue weighted by molar-refractivity contribution is 0.100. The van der Waals surface area contributed by atoms with Gasteiger partial charge in [-0.05, 0) is 36.4 Å². The number of hydrogen-bond acceptors (Lipinski definition) is 5. The van der Waals surface area contributed by atoms with Gasteiger partial charge in [-0.25, -0.2) is 9.97 Å². The van der Waals surface area contributed by atoms with Gasteiger partial charge < -0.3 is 11.1 Å². The molecule has 7 heteroatoms. The van der Waals surface area contributed by atoms with E-state index < -0.39 is 5.91 Å². The number of benzene rings is 2. The lowest BCUT2D eigenvalue weighted by Gasteiger charge is -2.08. The third kappa shape index (κ3) is 3.02. The number of H-pyrrole nitrogens is 1. The molecule has 2 heterocycles. The standard InChI is InChI=1S/C18H14N6O/c19-17(25)11-2-1-3-12(8-11)18-20-7-6-16(23-18)22-14-4-5-15-13(9-14)10-21-24-15/h1-10H,(H2,19,25)(H,21,24)(H,20,22,23). The summed E-state index contributed by atoms with van der Waals surface area (Å²) in [5, 5.41) is 11.2. The van der Waals surface area contributed by atoms with Gasteiger partial charge in [0.05, 0.1) is 11.7 Å². The predicted molar refractivity (Wildman–Crippen MR) is 95.4 cm³/mol. The smallest absolute Gasteiger partial charge is 0.248 e. The van der Waals surface area contributed by atoms with Crippen molar-refractivity contribution in [1.82, 2.24) is 20.2 Å². The van der Waals surface area contributed by atoms with Crippen LogP contribution in [-0.2, 0) is 0 Å². The predicted octanol–water partition coefficient (Wildman–Crippen LogP) is 2.86. The maximum atomic E-state index is 11.3. The second-order valence-corrected chi connectivity index (χ2v) is 5.51. The van der Waals surface area contributed by atoms with E-state index in [1.54, 1.807) is 36.7 Å². The van der Waals surface area contributed by atoms with Crippen molar-refractivity contribution in [3.05, 3.63) is 66.5 Å². The average molecular weight is 330 g/mol. The Bertz CT molecular complexity index is 1070. The second-order valence-electron chi connectivity index (χ2n) is 5.51. The highest BCUT2D eigenvalue weighted by Crippen LogP contribution is 2.22. The molecule has 0 aliphatic rings. The lowest BCUT2D eigenvalue weighted by Crippen LogP contribution is -2.10. The van der Waals surface area contributed by atoms with Crippen LogP contribution in [0.1, 0.15) is 10.4 Å². The maximum absolute atomic E-state index is 11.3. The lowest BCUT2D eigenvalue weighted by atomic mass is 10.1. The summed E-state index contributed by atoms with van der Waals surface area (Å²) in [6.07, 6.45) is 3.43. The highest BCUT2D eigenvalue weighted by atomic mass is 16.1. The molecule has 4 aromatic rings. The van der Waals surface area contributed by atoms with Crippen LogP contribution in [0, 0.1) is 0 Å². The number of carbonyl (C=O) groups excluding carboxylic acids is 1. The maximum Gasteiger partial charge on any atom is 0.248 e. The number of aromatic amines is 1. The van der Waals surface area contributed by atoms with Crippen LogP contribution in [-0.4, -0.2) is 26.1 Å². The molecule has 0 saturated heterocycles. The van der Waals surface area contributed by atoms with Gasteiger partial charge in [0.1, 0.15) is 5.82 Å². The van der Waals surface area contributed by atoms with Gasteiger partial charge in [-0.2, -0.15) is 5.10 Å². The molecule has 122 valence electrons. The zero-order chi connectivity index (χ0) is 17.2. The van der Waals surface area contributed by atoms with E-state index in [9.17, 15) is 4.79 Å². The van der Waals surface area contributed by atoms with Gasteiger partial charge in [-0.15, -0.1) is 0 Å². The SMILES string of the molecule is NC(=O)c1cccc(-c2nccc(Nc3ccc4[nH]ncc4c3)n2)c1. The summed E-state index contributed by atoms with van der Waals surface area (Å²) in [5.41, 5.74) is 8.34. The van der Waals surface area contributed by atoms with Crippen molar-refractivity contribution in [1.29, 1.82) is 0 Å². The zero-order valence-corrected chi connectivity index (χ0v) is 13.1. The van der Waals surface area contributed by atoms with Gasteiger partial charge in [-0.1, -0.05) is 12.1 Å². The van der Waals surface area contributed by atoms with Gasteiger partial charge in [0.2, 0.25) is 5.91 Å². The van der Waals surface area contributed by atoms with Crippen molar-refractivity contribution in [2.75, 3.05) is 5.32 Å². The van der Waals surface area contributed by atoms with Gasteiger partial charge >= 0.3 is 0 Å². The molecule has 2 aromatic heterocycles. The van der Waals surface area contributed by atoms with E-state index in [1.807, 2.05) is 24.3 Å². The van der Waals surface area contributed by atoms with Crippen LogP contribution in [0.4, 0.5) is 11.5 Å². The number of amides is 1. The van der Waals surface area contributed by atoms with Crippen molar-refractivity contribution in [3.63, 3.8) is 0 Å². The Hall–Kier alpha value is -3.74. The van der Waals surface area contributed by atoms with Gasteiger partial charge in [0.15, 0.2) is 5.82 Å². The van der Waals surface area contributed by atoms with Crippen molar-refractivity contribution in [2.24, 2.45) is 5.73 Å². The minimum absolute atomic E-state index is 0.421. The minimum atomic E-state index is -0.482. The highest BCUT2D eigenvalue weighted by molar-refractivity contribution is 5.93. The van der Waals surface area contributed by atoms with Gasteiger partial charge in [0, 0.05) is 28.4 Å². The molecule has 25 heavy (non-hydrogen) atoms. The van der Waals surface area contributed by atoms with Gasteiger partial charge in [-0.3, -0.25) is 9.89 Å². The summed E-state index contributed by atoms with van der Waals surface area (Å²) < 4.78 is 0. The third-order valence-electron chi connectivity index (χ3n) is 3.77. The Morgan fingerprint density at radius 3 is 2.92 bits per heavy atom. The van der Waals surface area contributed by atoms with Crippen LogP contribution >= 0.6 is 0 Å². The Labute approximate surface area is 142 Å². The Kier molecular flexibility index (Phi) is 3.59. The molecule has 0 radical (unpaired) electrons. The summed E-state index contributed by atoms with van der Waals surface area (Å²) >= 11 is 0. The molecule has 4 rings (SSSR count). The van der Waals surface area contributed by atoms with E-state index in [4.69, 9.17) is 5.73 Å². The second kappa shape index (κ2) is 6.04. The first-order valence-corrected chi connectivity index (χ1v) is 7.62. The number of aromatic nitrogens is 4. The Balaban J connectivity index is 1.65. The molecule has 0 spiro atoms. The number of anilines is 2. The van der Waals surface area contributed by atoms with Crippen LogP contribution in [0.3, 0.4) is 0 Å². The molecule has 7 nitrogen and oxygen atoms in total. The minimum Gasteiger partial charge on any atom is -0.366 e. The molecular formula is C18H14N6O. The topological polar surface area (TPSA) is 110 Å². The molecule has 0 aliphatic heterocycles. The molecule has 0 fully saturated rings. The number of primary amides is 1. The number of fused-ring (bicyclic) bond motifs is 1. The van der Waals surface area contributed by atoms with E-state index >= 15 is 0 Å². The number of nitrogens with zero attached hydrogens (tertiary/aromatic N) is 3. The average Bonchev–Trinajstić information content (AvgIpc) is 3.10. The fourth-order valence-electron chi connectivity index (χ4n) is 2.55.